The summed E-state index contributed by atoms with van der Waals surface area (Å²) in [6.07, 6.45) is 1.82. The first kappa shape index (κ1) is 16.8. The normalized spacial score (nSPS) is 15.8. The van der Waals surface area contributed by atoms with Crippen molar-refractivity contribution in [1.82, 2.24) is 9.80 Å². The average molecular weight is 305 g/mol. The highest BCUT2D eigenvalue weighted by molar-refractivity contribution is 5.89. The highest BCUT2D eigenvalue weighted by Gasteiger charge is 2.25. The fraction of sp³-hybridized carbons (Fsp3) is 0.588. The molecule has 0 aromatic heterocycles. The second-order valence-corrected chi connectivity index (χ2v) is 6.14. The molecule has 1 aromatic rings. The van der Waals surface area contributed by atoms with Crippen molar-refractivity contribution < 1.29 is 9.53 Å². The highest BCUT2D eigenvalue weighted by Crippen LogP contribution is 2.17. The Labute approximate surface area is 133 Å². The molecule has 1 saturated heterocycles. The van der Waals surface area contributed by atoms with Crippen molar-refractivity contribution in [2.75, 3.05) is 45.7 Å². The van der Waals surface area contributed by atoms with E-state index in [0.29, 0.717) is 0 Å². The van der Waals surface area contributed by atoms with E-state index in [2.05, 4.69) is 10.2 Å². The van der Waals surface area contributed by atoms with Crippen LogP contribution in [0.3, 0.4) is 0 Å². The number of carbonyl (C=O) groups is 1. The third-order valence-electron chi connectivity index (χ3n) is 3.98. The number of hydrogen-bond donors (Lipinski definition) is 1. The van der Waals surface area contributed by atoms with Crippen molar-refractivity contribution in [3.8, 4) is 0 Å². The molecule has 1 N–H and O–H groups in total. The molecule has 22 heavy (non-hydrogen) atoms. The van der Waals surface area contributed by atoms with Gasteiger partial charge in [0.15, 0.2) is 0 Å². The maximum absolute atomic E-state index is 12.7. The maximum atomic E-state index is 12.7. The molecule has 0 aliphatic carbocycles. The van der Waals surface area contributed by atoms with Crippen LogP contribution < -0.4 is 5.32 Å². The lowest BCUT2D eigenvalue weighted by atomic mass is 10.1. The van der Waals surface area contributed by atoms with Gasteiger partial charge >= 0.3 is 6.03 Å². The molecule has 0 atom stereocenters. The van der Waals surface area contributed by atoms with Gasteiger partial charge in [-0.25, -0.2) is 4.79 Å². The Kier molecular flexibility index (Phi) is 6.21. The van der Waals surface area contributed by atoms with Crippen LogP contribution in [0.4, 0.5) is 10.5 Å². The lowest BCUT2D eigenvalue weighted by molar-refractivity contribution is 0.0466. The number of carbonyl (C=O) groups excluding carboxylic acids is 1. The minimum atomic E-state index is -0.0161. The van der Waals surface area contributed by atoms with Crippen molar-refractivity contribution >= 4 is 11.7 Å². The third kappa shape index (κ3) is 5.00. The van der Waals surface area contributed by atoms with Gasteiger partial charge in [-0.3, -0.25) is 0 Å². The quantitative estimate of drug-likeness (QED) is 0.909. The van der Waals surface area contributed by atoms with E-state index in [0.717, 1.165) is 44.8 Å². The predicted octanol–water partition coefficient (Wildman–Crippen LogP) is 2.57. The van der Waals surface area contributed by atoms with Crippen LogP contribution >= 0.6 is 0 Å². The van der Waals surface area contributed by atoms with Gasteiger partial charge < -0.3 is 19.9 Å². The van der Waals surface area contributed by atoms with E-state index in [-0.39, 0.29) is 12.1 Å². The Bertz CT molecular complexity index is 467. The van der Waals surface area contributed by atoms with Crippen LogP contribution in [0.1, 0.15) is 18.4 Å². The number of urea groups is 1. The van der Waals surface area contributed by atoms with Gasteiger partial charge in [0.05, 0.1) is 0 Å². The second-order valence-electron chi connectivity index (χ2n) is 6.14. The molecule has 0 radical (unpaired) electrons. The molecule has 0 bridgehead atoms. The lowest BCUT2D eigenvalue weighted by Gasteiger charge is -2.35. The number of likely N-dealkylation sites (N-methyl/N-ethyl adjacent to an activating group) is 1. The van der Waals surface area contributed by atoms with E-state index in [1.165, 1.54) is 5.56 Å². The zero-order valence-corrected chi connectivity index (χ0v) is 13.8. The summed E-state index contributed by atoms with van der Waals surface area (Å²) in [5.74, 6) is 0. The number of nitrogens with zero attached hydrogens (tertiary/aromatic N) is 2. The van der Waals surface area contributed by atoms with E-state index in [1.807, 2.05) is 50.2 Å². The van der Waals surface area contributed by atoms with E-state index in [9.17, 15) is 4.79 Å². The molecule has 1 heterocycles. The van der Waals surface area contributed by atoms with Crippen LogP contribution in [-0.2, 0) is 4.74 Å². The van der Waals surface area contributed by atoms with E-state index in [4.69, 9.17) is 4.74 Å². The minimum absolute atomic E-state index is 0.0161. The van der Waals surface area contributed by atoms with Crippen molar-refractivity contribution in [1.29, 1.82) is 0 Å². The molecule has 0 spiro atoms. The second kappa shape index (κ2) is 8.15. The van der Waals surface area contributed by atoms with Crippen molar-refractivity contribution in [3.63, 3.8) is 0 Å². The molecule has 0 unspecified atom stereocenters. The van der Waals surface area contributed by atoms with Gasteiger partial charge in [-0.05, 0) is 46.0 Å². The summed E-state index contributed by atoms with van der Waals surface area (Å²) >= 11 is 0. The number of aryl methyl sites for hydroxylation is 1. The Balaban J connectivity index is 2.01. The van der Waals surface area contributed by atoms with E-state index in [1.54, 1.807) is 0 Å². The number of hydrogen-bond acceptors (Lipinski definition) is 3. The number of benzene rings is 1. The number of anilines is 1. The molecular formula is C17H27N3O2. The van der Waals surface area contributed by atoms with Crippen molar-refractivity contribution in [2.24, 2.45) is 0 Å². The van der Waals surface area contributed by atoms with Gasteiger partial charge in [-0.1, -0.05) is 17.7 Å². The molecule has 122 valence electrons. The maximum Gasteiger partial charge on any atom is 0.322 e. The van der Waals surface area contributed by atoms with Crippen LogP contribution in [0.5, 0.6) is 0 Å². The molecule has 1 aliphatic rings. The molecule has 1 fully saturated rings. The minimum Gasteiger partial charge on any atom is -0.381 e. The Hall–Kier alpha value is -1.59. The molecule has 1 aromatic carbocycles. The van der Waals surface area contributed by atoms with Gasteiger partial charge in [0.1, 0.15) is 0 Å². The Morgan fingerprint density at radius 1 is 1.18 bits per heavy atom. The van der Waals surface area contributed by atoms with Crippen LogP contribution in [-0.4, -0.2) is 62.3 Å². The fourth-order valence-electron chi connectivity index (χ4n) is 2.59. The molecule has 5 heteroatoms. The number of ether oxygens (including phenoxy) is 1. The first-order chi connectivity index (χ1) is 10.6. The molecule has 2 amide bonds. The summed E-state index contributed by atoms with van der Waals surface area (Å²) in [4.78, 5) is 16.7. The van der Waals surface area contributed by atoms with E-state index >= 15 is 0 Å². The van der Waals surface area contributed by atoms with Crippen molar-refractivity contribution in [2.45, 2.75) is 25.8 Å². The average Bonchev–Trinajstić information content (AvgIpc) is 2.50. The lowest BCUT2D eigenvalue weighted by Crippen LogP contribution is -2.48. The molecule has 5 nitrogen and oxygen atoms in total. The summed E-state index contributed by atoms with van der Waals surface area (Å²) in [7, 11) is 4.06. The van der Waals surface area contributed by atoms with Gasteiger partial charge in [0, 0.05) is 38.0 Å². The van der Waals surface area contributed by atoms with Crippen LogP contribution in [0.15, 0.2) is 24.3 Å². The Morgan fingerprint density at radius 3 is 2.41 bits per heavy atom. The molecule has 0 saturated carbocycles. The number of rotatable bonds is 5. The summed E-state index contributed by atoms with van der Waals surface area (Å²) in [6, 6.07) is 8.15. The summed E-state index contributed by atoms with van der Waals surface area (Å²) in [6.45, 7) is 5.10. The topological polar surface area (TPSA) is 44.8 Å². The molecule has 1 aliphatic heterocycles. The van der Waals surface area contributed by atoms with Gasteiger partial charge in [0.25, 0.3) is 0 Å². The predicted molar refractivity (Wildman–Crippen MR) is 89.3 cm³/mol. The van der Waals surface area contributed by atoms with Crippen LogP contribution in [0, 0.1) is 6.92 Å². The molecular weight excluding hydrogens is 278 g/mol. The molecule has 2 rings (SSSR count). The summed E-state index contributed by atoms with van der Waals surface area (Å²) in [5.41, 5.74) is 2.03. The number of amides is 2. The third-order valence-corrected chi connectivity index (χ3v) is 3.98. The van der Waals surface area contributed by atoms with Crippen molar-refractivity contribution in [3.05, 3.63) is 29.8 Å². The standard InChI is InChI=1S/C17H27N3O2/c1-14-4-6-15(7-5-14)18-17(21)20(11-10-19(2)3)16-8-12-22-13-9-16/h4-7,16H,8-13H2,1-3H3,(H,18,21). The first-order valence-corrected chi connectivity index (χ1v) is 7.93. The smallest absolute Gasteiger partial charge is 0.322 e. The summed E-state index contributed by atoms with van der Waals surface area (Å²) in [5, 5.41) is 3.02. The van der Waals surface area contributed by atoms with Gasteiger partial charge in [-0.15, -0.1) is 0 Å². The SMILES string of the molecule is Cc1ccc(NC(=O)N(CCN(C)C)C2CCOCC2)cc1. The monoisotopic (exact) mass is 305 g/mol. The zero-order valence-electron chi connectivity index (χ0n) is 13.8. The zero-order chi connectivity index (χ0) is 15.9. The van der Waals surface area contributed by atoms with Gasteiger partial charge in [0.2, 0.25) is 0 Å². The number of nitrogens with one attached hydrogen (secondary N) is 1. The van der Waals surface area contributed by atoms with E-state index < -0.39 is 0 Å². The fourth-order valence-corrected chi connectivity index (χ4v) is 2.59. The van der Waals surface area contributed by atoms with Gasteiger partial charge in [-0.2, -0.15) is 0 Å². The summed E-state index contributed by atoms with van der Waals surface area (Å²) < 4.78 is 5.42. The first-order valence-electron chi connectivity index (χ1n) is 7.93. The largest absolute Gasteiger partial charge is 0.381 e. The van der Waals surface area contributed by atoms with Crippen LogP contribution in [0.2, 0.25) is 0 Å². The Morgan fingerprint density at radius 2 is 1.82 bits per heavy atom. The van der Waals surface area contributed by atoms with Crippen LogP contribution in [0.25, 0.3) is 0 Å². The highest BCUT2D eigenvalue weighted by atomic mass is 16.5.